The van der Waals surface area contributed by atoms with Crippen molar-refractivity contribution in [2.75, 3.05) is 14.2 Å². The maximum absolute atomic E-state index is 12.4. The summed E-state index contributed by atoms with van der Waals surface area (Å²) in [6, 6.07) is 46.5. The van der Waals surface area contributed by atoms with Gasteiger partial charge in [-0.2, -0.15) is 0 Å². The molecule has 63 heavy (non-hydrogen) atoms. The van der Waals surface area contributed by atoms with Gasteiger partial charge in [0.25, 0.3) is 0 Å². The van der Waals surface area contributed by atoms with Crippen LogP contribution in [-0.2, 0) is 25.6 Å². The Morgan fingerprint density at radius 3 is 1.73 bits per heavy atom. The van der Waals surface area contributed by atoms with Gasteiger partial charge in [0.2, 0.25) is 0 Å². The van der Waals surface area contributed by atoms with Crippen molar-refractivity contribution < 1.29 is 38.1 Å². The van der Waals surface area contributed by atoms with Crippen LogP contribution in [0.3, 0.4) is 0 Å². The van der Waals surface area contributed by atoms with E-state index < -0.39 is 18.0 Å². The number of carbonyl (C=O) groups is 3. The van der Waals surface area contributed by atoms with Gasteiger partial charge in [-0.1, -0.05) is 115 Å². The number of halogens is 1. The number of aromatic nitrogens is 3. The lowest BCUT2D eigenvalue weighted by atomic mass is 10.1. The van der Waals surface area contributed by atoms with Crippen LogP contribution < -0.4 is 14.8 Å². The molecule has 0 bridgehead atoms. The molecular weight excluding hydrogens is 864 g/mol. The maximum atomic E-state index is 12.4. The average molecular weight is 904 g/mol. The third kappa shape index (κ3) is 11.4. The third-order valence-corrected chi connectivity index (χ3v) is 9.97. The highest BCUT2D eigenvalue weighted by Crippen LogP contribution is 2.34. The summed E-state index contributed by atoms with van der Waals surface area (Å²) in [4.78, 5) is 47.9. The molecule has 1 amide bonds. The normalized spacial score (nSPS) is 10.8. The predicted octanol–water partition coefficient (Wildman–Crippen LogP) is 11.6. The van der Waals surface area contributed by atoms with Gasteiger partial charge in [0, 0.05) is 21.6 Å². The molecule has 0 aliphatic carbocycles. The van der Waals surface area contributed by atoms with E-state index in [9.17, 15) is 14.4 Å². The summed E-state index contributed by atoms with van der Waals surface area (Å²) in [7, 11) is 2.57. The van der Waals surface area contributed by atoms with Gasteiger partial charge in [-0.3, -0.25) is 15.3 Å². The Hall–Kier alpha value is -8.03. The molecule has 0 atom stereocenters. The smallest absolute Gasteiger partial charge is 0.412 e. The third-order valence-electron chi connectivity index (χ3n) is 9.34. The fourth-order valence-electron chi connectivity index (χ4n) is 6.19. The number of benzene rings is 5. The van der Waals surface area contributed by atoms with E-state index in [4.69, 9.17) is 23.7 Å². The number of H-pyrrole nitrogens is 1. The molecule has 314 valence electrons. The topological polar surface area (TPSA) is 151 Å². The van der Waals surface area contributed by atoms with E-state index in [1.807, 2.05) is 127 Å². The van der Waals surface area contributed by atoms with Crippen molar-refractivity contribution in [2.24, 2.45) is 0 Å². The van der Waals surface area contributed by atoms with Crippen LogP contribution in [0.5, 0.6) is 23.0 Å². The van der Waals surface area contributed by atoms with Crippen molar-refractivity contribution in [1.29, 1.82) is 0 Å². The summed E-state index contributed by atoms with van der Waals surface area (Å²) >= 11 is 3.45. The van der Waals surface area contributed by atoms with Gasteiger partial charge in [0.1, 0.15) is 29.5 Å². The van der Waals surface area contributed by atoms with E-state index in [0.717, 1.165) is 33.2 Å². The molecule has 0 aliphatic rings. The number of pyridine rings is 2. The van der Waals surface area contributed by atoms with Crippen LogP contribution in [-0.4, -0.2) is 47.2 Å². The summed E-state index contributed by atoms with van der Waals surface area (Å²) in [5.41, 5.74) is 6.64. The molecule has 0 unspecified atom stereocenters. The first-order valence-corrected chi connectivity index (χ1v) is 20.2. The number of amides is 1. The highest BCUT2D eigenvalue weighted by atomic mass is 79.9. The standard InChI is InChI=1S/C29H23BrN2O5.C21H16N2O3/c1-35-28(33)26(32-29(34)36-19-20-8-4-2-5-9-20)16-24-25(30)17-31-18-27(24)37-23-14-12-22(13-15-23)21-10-6-3-7-11-21;1-25-21(24)18-11-17-19(23-18)12-22-13-20(17)26-16-9-7-15(8-10-16)14-5-3-2-4-6-14/h2-18H,19H2,1H3,(H,32,34);2-13,23H,1H3/b26-16-;. The number of nitrogens with one attached hydrogen (secondary N) is 2. The number of hydrogen-bond donors (Lipinski definition) is 2. The van der Waals surface area contributed by atoms with Crippen molar-refractivity contribution >= 4 is 50.9 Å². The van der Waals surface area contributed by atoms with E-state index >= 15 is 0 Å². The van der Waals surface area contributed by atoms with Gasteiger partial charge in [0.15, 0.2) is 11.5 Å². The SMILES string of the molecule is COC(=O)/C(=C/c1c(Br)cncc1Oc1ccc(-c2ccccc2)cc1)NC(=O)OCc1ccccc1.COC(=O)c1cc2c(Oc3ccc(-c4ccccc4)cc3)cncc2[nH]1. The van der Waals surface area contributed by atoms with Crippen molar-refractivity contribution in [2.45, 2.75) is 6.61 Å². The summed E-state index contributed by atoms with van der Waals surface area (Å²) in [6.45, 7) is 0.0490. The molecule has 0 saturated carbocycles. The van der Waals surface area contributed by atoms with Gasteiger partial charge in [-0.05, 0) is 80.2 Å². The van der Waals surface area contributed by atoms with Gasteiger partial charge in [-0.15, -0.1) is 0 Å². The molecule has 5 aromatic carbocycles. The van der Waals surface area contributed by atoms with Gasteiger partial charge in [0.05, 0.1) is 38.3 Å². The number of rotatable bonds is 12. The minimum atomic E-state index is -0.801. The second-order valence-corrected chi connectivity index (χ2v) is 14.4. The minimum Gasteiger partial charge on any atom is -0.464 e. The molecule has 0 aliphatic heterocycles. The second-order valence-electron chi connectivity index (χ2n) is 13.5. The molecule has 2 N–H and O–H groups in total. The van der Waals surface area contributed by atoms with Gasteiger partial charge < -0.3 is 28.7 Å². The number of carbonyl (C=O) groups excluding carboxylic acids is 3. The highest BCUT2D eigenvalue weighted by molar-refractivity contribution is 9.10. The Kier molecular flexibility index (Phi) is 14.3. The van der Waals surface area contributed by atoms with Crippen molar-refractivity contribution in [1.82, 2.24) is 20.3 Å². The Morgan fingerprint density at radius 2 is 1.16 bits per heavy atom. The quantitative estimate of drug-likeness (QED) is 0.0689. The van der Waals surface area contributed by atoms with Crippen LogP contribution in [0.15, 0.2) is 181 Å². The molecule has 8 rings (SSSR count). The van der Waals surface area contributed by atoms with E-state index in [1.54, 1.807) is 24.7 Å². The minimum absolute atomic E-state index is 0.0490. The number of esters is 2. The lowest BCUT2D eigenvalue weighted by molar-refractivity contribution is -0.136. The zero-order valence-corrected chi connectivity index (χ0v) is 35.6. The number of fused-ring (bicyclic) bond motifs is 1. The number of ether oxygens (including phenoxy) is 5. The number of hydrogen-bond acceptors (Lipinski definition) is 10. The number of methoxy groups -OCH3 is 2. The highest BCUT2D eigenvalue weighted by Gasteiger charge is 2.18. The summed E-state index contributed by atoms with van der Waals surface area (Å²) < 4.78 is 27.4. The molecule has 0 saturated heterocycles. The second kappa shape index (κ2) is 21.0. The van der Waals surface area contributed by atoms with Crippen LogP contribution >= 0.6 is 15.9 Å². The van der Waals surface area contributed by atoms with E-state index in [1.165, 1.54) is 26.5 Å². The predicted molar refractivity (Wildman–Crippen MR) is 243 cm³/mol. The molecule has 0 radical (unpaired) electrons. The number of nitrogens with zero attached hydrogens (tertiary/aromatic N) is 2. The molecule has 8 aromatic rings. The Labute approximate surface area is 371 Å². The molecule has 12 nitrogen and oxygen atoms in total. The van der Waals surface area contributed by atoms with Gasteiger partial charge >= 0.3 is 18.0 Å². The largest absolute Gasteiger partial charge is 0.464 e. The summed E-state index contributed by atoms with van der Waals surface area (Å²) in [5.74, 6) is 1.02. The molecule has 3 aromatic heterocycles. The molecule has 0 spiro atoms. The van der Waals surface area contributed by atoms with Crippen LogP contribution in [0.25, 0.3) is 39.2 Å². The lowest BCUT2D eigenvalue weighted by Gasteiger charge is -2.13. The van der Waals surface area contributed by atoms with Crippen LogP contribution in [0.2, 0.25) is 0 Å². The Bertz CT molecular complexity index is 2840. The first-order valence-electron chi connectivity index (χ1n) is 19.4. The Morgan fingerprint density at radius 1 is 0.635 bits per heavy atom. The van der Waals surface area contributed by atoms with Crippen LogP contribution in [0, 0.1) is 0 Å². The number of aromatic amines is 1. The fourth-order valence-corrected chi connectivity index (χ4v) is 6.62. The van der Waals surface area contributed by atoms with E-state index in [2.05, 4.69) is 48.3 Å². The van der Waals surface area contributed by atoms with Crippen molar-refractivity contribution in [3.8, 4) is 45.3 Å². The molecular formula is C50H39BrN4O8. The zero-order valence-electron chi connectivity index (χ0n) is 34.0. The first kappa shape index (κ1) is 43.1. The summed E-state index contributed by atoms with van der Waals surface area (Å²) in [5, 5.41) is 3.23. The molecule has 0 fully saturated rings. The van der Waals surface area contributed by atoms with Crippen molar-refractivity contribution in [3.63, 3.8) is 0 Å². The zero-order chi connectivity index (χ0) is 44.0. The maximum Gasteiger partial charge on any atom is 0.412 e. The number of alkyl carbamates (subject to hydrolysis) is 1. The molecule has 3 heterocycles. The summed E-state index contributed by atoms with van der Waals surface area (Å²) in [6.07, 6.45) is 6.99. The Balaban J connectivity index is 0.000000200. The molecule has 13 heteroatoms. The van der Waals surface area contributed by atoms with Gasteiger partial charge in [-0.25, -0.2) is 14.4 Å². The fraction of sp³-hybridized carbons (Fsp3) is 0.0600. The lowest BCUT2D eigenvalue weighted by Crippen LogP contribution is -2.28. The van der Waals surface area contributed by atoms with Crippen LogP contribution in [0.4, 0.5) is 4.79 Å². The van der Waals surface area contributed by atoms with Crippen LogP contribution in [0.1, 0.15) is 21.6 Å². The van der Waals surface area contributed by atoms with E-state index in [-0.39, 0.29) is 12.3 Å². The average Bonchev–Trinajstić information content (AvgIpc) is 3.78. The first-order chi connectivity index (χ1) is 30.8. The monoisotopic (exact) mass is 902 g/mol. The van der Waals surface area contributed by atoms with E-state index in [0.29, 0.717) is 44.2 Å². The van der Waals surface area contributed by atoms with Crippen molar-refractivity contribution in [3.05, 3.63) is 197 Å².